The monoisotopic (exact) mass is 346 g/mol. The van der Waals surface area contributed by atoms with Crippen molar-refractivity contribution < 1.29 is 4.43 Å². The lowest BCUT2D eigenvalue weighted by atomic mass is 9.82. The normalized spacial score (nSPS) is 18.8. The Morgan fingerprint density at radius 1 is 1.22 bits per heavy atom. The highest BCUT2D eigenvalue weighted by Crippen LogP contribution is 2.37. The molecule has 1 aliphatic carbocycles. The fourth-order valence-corrected chi connectivity index (χ4v) is 4.54. The molecule has 0 unspecified atom stereocenters. The van der Waals surface area contributed by atoms with Crippen molar-refractivity contribution >= 4 is 16.4 Å². The standard InChI is InChI=1S/C20H34OSi2/c1-8-9-15-19-18(13-10-11-17-22(2,3)4)14-12-16-20(19)21-23(5,6)7/h9,18H,1,10,12-16H2,2-7H3/t18-/m1/s1. The van der Waals surface area contributed by atoms with E-state index < -0.39 is 16.4 Å². The number of allylic oxidation sites excluding steroid dienone is 3. The minimum Gasteiger partial charge on any atom is -0.547 e. The van der Waals surface area contributed by atoms with Crippen LogP contribution in [0.25, 0.3) is 0 Å². The summed E-state index contributed by atoms with van der Waals surface area (Å²) in [5.41, 5.74) is 7.91. The lowest BCUT2D eigenvalue weighted by Crippen LogP contribution is -2.27. The molecule has 0 spiro atoms. The number of rotatable bonds is 6. The topological polar surface area (TPSA) is 9.23 Å². The van der Waals surface area contributed by atoms with Gasteiger partial charge in [0.05, 0.1) is 5.76 Å². The Morgan fingerprint density at radius 3 is 2.48 bits per heavy atom. The summed E-state index contributed by atoms with van der Waals surface area (Å²) in [7, 11) is -2.79. The molecule has 0 aromatic heterocycles. The number of hydrogen-bond donors (Lipinski definition) is 0. The zero-order chi connectivity index (χ0) is 17.5. The van der Waals surface area contributed by atoms with Gasteiger partial charge in [-0.05, 0) is 62.9 Å². The Bertz CT molecular complexity index is 529. The van der Waals surface area contributed by atoms with E-state index in [2.05, 4.69) is 69.1 Å². The second kappa shape index (κ2) is 8.78. The smallest absolute Gasteiger partial charge is 0.241 e. The third-order valence-corrected chi connectivity index (χ3v) is 5.57. The van der Waals surface area contributed by atoms with Crippen molar-refractivity contribution in [1.82, 2.24) is 0 Å². The largest absolute Gasteiger partial charge is 0.547 e. The molecule has 0 radical (unpaired) electrons. The van der Waals surface area contributed by atoms with E-state index in [4.69, 9.17) is 4.43 Å². The maximum Gasteiger partial charge on any atom is 0.241 e. The van der Waals surface area contributed by atoms with Crippen molar-refractivity contribution in [3.05, 3.63) is 29.7 Å². The van der Waals surface area contributed by atoms with Crippen LogP contribution >= 0.6 is 0 Å². The Hall–Kier alpha value is -0.946. The zero-order valence-corrected chi connectivity index (χ0v) is 18.0. The molecule has 0 fully saturated rings. The van der Waals surface area contributed by atoms with Crippen molar-refractivity contribution in [1.29, 1.82) is 0 Å². The van der Waals surface area contributed by atoms with Crippen molar-refractivity contribution in [3.63, 3.8) is 0 Å². The van der Waals surface area contributed by atoms with Gasteiger partial charge in [0.1, 0.15) is 8.07 Å². The molecule has 0 aromatic carbocycles. The van der Waals surface area contributed by atoms with E-state index >= 15 is 0 Å². The summed E-state index contributed by atoms with van der Waals surface area (Å²) in [5.74, 6) is 5.32. The lowest BCUT2D eigenvalue weighted by molar-refractivity contribution is 0.334. The average molecular weight is 347 g/mol. The van der Waals surface area contributed by atoms with Crippen LogP contribution in [-0.2, 0) is 4.43 Å². The van der Waals surface area contributed by atoms with Gasteiger partial charge in [-0.15, -0.1) is 17.2 Å². The molecule has 0 bridgehead atoms. The van der Waals surface area contributed by atoms with E-state index in [0.29, 0.717) is 5.92 Å². The molecule has 1 nitrogen and oxygen atoms in total. The van der Waals surface area contributed by atoms with E-state index in [1.54, 1.807) is 0 Å². The van der Waals surface area contributed by atoms with Gasteiger partial charge in [0.2, 0.25) is 8.32 Å². The van der Waals surface area contributed by atoms with E-state index in [-0.39, 0.29) is 0 Å². The van der Waals surface area contributed by atoms with E-state index in [0.717, 1.165) is 25.7 Å². The molecule has 0 amide bonds. The van der Waals surface area contributed by atoms with Gasteiger partial charge in [0.25, 0.3) is 0 Å². The third kappa shape index (κ3) is 8.46. The fraction of sp³-hybridized carbons (Fsp3) is 0.650. The molecule has 1 rings (SSSR count). The molecular formula is C20H34OSi2. The lowest BCUT2D eigenvalue weighted by Gasteiger charge is -2.32. The van der Waals surface area contributed by atoms with Gasteiger partial charge in [0.15, 0.2) is 0 Å². The van der Waals surface area contributed by atoms with Crippen LogP contribution in [0.15, 0.2) is 29.7 Å². The molecule has 128 valence electrons. The van der Waals surface area contributed by atoms with Crippen molar-refractivity contribution in [2.45, 2.75) is 77.8 Å². The van der Waals surface area contributed by atoms with E-state index in [1.165, 1.54) is 24.2 Å². The first-order chi connectivity index (χ1) is 10.6. The predicted octanol–water partition coefficient (Wildman–Crippen LogP) is 6.28. The van der Waals surface area contributed by atoms with Gasteiger partial charge in [-0.2, -0.15) is 0 Å². The molecule has 0 aliphatic heterocycles. The maximum absolute atomic E-state index is 6.40. The van der Waals surface area contributed by atoms with Gasteiger partial charge in [0, 0.05) is 12.8 Å². The summed E-state index contributed by atoms with van der Waals surface area (Å²) in [6, 6.07) is 0. The minimum absolute atomic E-state index is 0.621. The van der Waals surface area contributed by atoms with E-state index in [9.17, 15) is 0 Å². The van der Waals surface area contributed by atoms with Crippen molar-refractivity contribution in [2.75, 3.05) is 0 Å². The van der Waals surface area contributed by atoms with Crippen molar-refractivity contribution in [2.24, 2.45) is 5.92 Å². The summed E-state index contributed by atoms with van der Waals surface area (Å²) < 4.78 is 6.40. The fourth-order valence-electron chi connectivity index (χ4n) is 2.91. The summed E-state index contributed by atoms with van der Waals surface area (Å²) in [6.45, 7) is 17.4. The summed E-state index contributed by atoms with van der Waals surface area (Å²) in [6.07, 6.45) is 8.78. The first-order valence-corrected chi connectivity index (χ1v) is 15.8. The molecule has 0 aromatic rings. The maximum atomic E-state index is 6.40. The van der Waals surface area contributed by atoms with Crippen LogP contribution in [0.3, 0.4) is 0 Å². The minimum atomic E-state index is -1.55. The molecule has 0 heterocycles. The van der Waals surface area contributed by atoms with Crippen LogP contribution < -0.4 is 0 Å². The van der Waals surface area contributed by atoms with Crippen LogP contribution in [0.1, 0.15) is 38.5 Å². The Morgan fingerprint density at radius 2 is 1.91 bits per heavy atom. The Kier molecular flexibility index (Phi) is 7.67. The molecule has 3 heteroatoms. The third-order valence-electron chi connectivity index (χ3n) is 3.78. The second-order valence-corrected chi connectivity index (χ2v) is 17.6. The van der Waals surface area contributed by atoms with Gasteiger partial charge >= 0.3 is 0 Å². The van der Waals surface area contributed by atoms with Crippen LogP contribution in [-0.4, -0.2) is 16.4 Å². The van der Waals surface area contributed by atoms with Crippen molar-refractivity contribution in [3.8, 4) is 11.5 Å². The van der Waals surface area contributed by atoms with Gasteiger partial charge in [-0.3, -0.25) is 0 Å². The number of hydrogen-bond acceptors (Lipinski definition) is 1. The average Bonchev–Trinajstić information content (AvgIpc) is 2.40. The molecule has 0 saturated heterocycles. The van der Waals surface area contributed by atoms with Crippen LogP contribution in [0.2, 0.25) is 39.3 Å². The summed E-state index contributed by atoms with van der Waals surface area (Å²) in [5, 5.41) is 0. The van der Waals surface area contributed by atoms with E-state index in [1.807, 2.05) is 0 Å². The van der Waals surface area contributed by atoms with Gasteiger partial charge in [-0.25, -0.2) is 0 Å². The SMILES string of the molecule is C=C=CCC1=C(O[Si](C)(C)C)CCC[C@H]1CCC#C[Si](C)(C)C. The summed E-state index contributed by atoms with van der Waals surface area (Å²) >= 11 is 0. The highest BCUT2D eigenvalue weighted by Gasteiger charge is 2.26. The second-order valence-electron chi connectivity index (χ2n) is 8.45. The molecule has 23 heavy (non-hydrogen) atoms. The predicted molar refractivity (Wildman–Crippen MR) is 107 cm³/mol. The zero-order valence-electron chi connectivity index (χ0n) is 16.0. The van der Waals surface area contributed by atoms with Gasteiger partial charge < -0.3 is 4.43 Å². The van der Waals surface area contributed by atoms with Crippen LogP contribution in [0.4, 0.5) is 0 Å². The first kappa shape index (κ1) is 20.1. The Balaban J connectivity index is 2.87. The molecule has 0 N–H and O–H groups in total. The first-order valence-electron chi connectivity index (χ1n) is 8.87. The quantitative estimate of drug-likeness (QED) is 0.312. The van der Waals surface area contributed by atoms with Gasteiger partial charge in [-0.1, -0.05) is 26.2 Å². The Labute approximate surface area is 146 Å². The van der Waals surface area contributed by atoms with Crippen LogP contribution in [0.5, 0.6) is 0 Å². The molecule has 0 saturated carbocycles. The molecule has 1 atom stereocenters. The molecule has 1 aliphatic rings. The van der Waals surface area contributed by atoms with Crippen LogP contribution in [0, 0.1) is 17.4 Å². The molecular weight excluding hydrogens is 312 g/mol. The highest BCUT2D eigenvalue weighted by atomic mass is 28.4. The highest BCUT2D eigenvalue weighted by molar-refractivity contribution is 6.83. The summed E-state index contributed by atoms with van der Waals surface area (Å²) in [4.78, 5) is 0.